The topological polar surface area (TPSA) is 57.5 Å². The number of hydrogen-bond donors (Lipinski definition) is 2. The van der Waals surface area contributed by atoms with Crippen LogP contribution in [-0.4, -0.2) is 16.2 Å². The van der Waals surface area contributed by atoms with E-state index in [9.17, 15) is 9.90 Å². The molecule has 2 N–H and O–H groups in total. The molecule has 0 spiro atoms. The van der Waals surface area contributed by atoms with Gasteiger partial charge in [0.05, 0.1) is 0 Å². The largest absolute Gasteiger partial charge is 0.508 e. The molecule has 16 heavy (non-hydrogen) atoms. The fourth-order valence-corrected chi connectivity index (χ4v) is 2.18. The summed E-state index contributed by atoms with van der Waals surface area (Å²) in [7, 11) is 0. The van der Waals surface area contributed by atoms with Crippen LogP contribution in [0.25, 0.3) is 0 Å². The lowest BCUT2D eigenvalue weighted by Gasteiger charge is -2.02. The maximum absolute atomic E-state index is 10.7. The number of aliphatic carboxylic acids is 1. The average Bonchev–Trinajstić information content (AvgIpc) is 2.58. The predicted molar refractivity (Wildman–Crippen MR) is 60.4 cm³/mol. The van der Waals surface area contributed by atoms with Crippen molar-refractivity contribution >= 4 is 5.97 Å². The molecule has 1 aliphatic rings. The van der Waals surface area contributed by atoms with E-state index in [1.165, 1.54) is 5.56 Å². The van der Waals surface area contributed by atoms with Gasteiger partial charge in [-0.25, -0.2) is 4.79 Å². The summed E-state index contributed by atoms with van der Waals surface area (Å²) in [6.45, 7) is 1.61. The molecule has 0 aromatic heterocycles. The second kappa shape index (κ2) is 4.00. The Labute approximate surface area is 94.0 Å². The number of allylic oxidation sites excluding steroid dienone is 1. The molecule has 3 heteroatoms. The molecule has 1 atom stereocenters. The van der Waals surface area contributed by atoms with Crippen molar-refractivity contribution in [2.24, 2.45) is 5.92 Å². The van der Waals surface area contributed by atoms with Crippen molar-refractivity contribution in [2.75, 3.05) is 0 Å². The van der Waals surface area contributed by atoms with E-state index in [2.05, 4.69) is 0 Å². The highest BCUT2D eigenvalue weighted by Crippen LogP contribution is 2.30. The molecule has 0 fully saturated rings. The quantitative estimate of drug-likeness (QED) is 0.748. The maximum Gasteiger partial charge on any atom is 0.330 e. The van der Waals surface area contributed by atoms with Crippen molar-refractivity contribution in [1.29, 1.82) is 0 Å². The van der Waals surface area contributed by atoms with Crippen molar-refractivity contribution in [2.45, 2.75) is 19.8 Å². The Morgan fingerprint density at radius 3 is 2.75 bits per heavy atom. The van der Waals surface area contributed by atoms with Gasteiger partial charge in [0, 0.05) is 5.57 Å². The molecule has 2 rings (SSSR count). The van der Waals surface area contributed by atoms with Crippen molar-refractivity contribution < 1.29 is 15.0 Å². The highest BCUT2D eigenvalue weighted by molar-refractivity contribution is 5.85. The van der Waals surface area contributed by atoms with E-state index in [-0.39, 0.29) is 11.7 Å². The fraction of sp³-hybridized carbons (Fsp3) is 0.308. The van der Waals surface area contributed by atoms with Gasteiger partial charge in [-0.2, -0.15) is 0 Å². The van der Waals surface area contributed by atoms with Crippen LogP contribution >= 0.6 is 0 Å². The summed E-state index contributed by atoms with van der Waals surface area (Å²) in [6, 6.07) is 5.35. The van der Waals surface area contributed by atoms with Gasteiger partial charge in [-0.3, -0.25) is 0 Å². The van der Waals surface area contributed by atoms with Gasteiger partial charge in [0.15, 0.2) is 0 Å². The van der Waals surface area contributed by atoms with E-state index in [1.54, 1.807) is 25.1 Å². The maximum atomic E-state index is 10.7. The lowest BCUT2D eigenvalue weighted by atomic mass is 10.0. The minimum Gasteiger partial charge on any atom is -0.508 e. The molecule has 0 bridgehead atoms. The first-order valence-electron chi connectivity index (χ1n) is 5.28. The van der Waals surface area contributed by atoms with Gasteiger partial charge < -0.3 is 10.2 Å². The summed E-state index contributed by atoms with van der Waals surface area (Å²) in [5.74, 6) is -0.343. The summed E-state index contributed by atoms with van der Waals surface area (Å²) in [5.41, 5.74) is 2.72. The molecule has 84 valence electrons. The Hall–Kier alpha value is -1.77. The molecule has 0 saturated heterocycles. The lowest BCUT2D eigenvalue weighted by Crippen LogP contribution is -2.02. The van der Waals surface area contributed by atoms with Crippen molar-refractivity contribution in [3.8, 4) is 5.75 Å². The zero-order valence-electron chi connectivity index (χ0n) is 9.10. The fourth-order valence-electron chi connectivity index (χ4n) is 2.18. The SMILES string of the molecule is CC(=CC1Cc2ccc(O)cc2C1)C(=O)O. The molecule has 1 unspecified atom stereocenters. The summed E-state index contributed by atoms with van der Waals surface area (Å²) in [4.78, 5) is 10.7. The molecule has 1 aromatic rings. The van der Waals surface area contributed by atoms with Crippen LogP contribution in [0.1, 0.15) is 18.1 Å². The third-order valence-corrected chi connectivity index (χ3v) is 2.98. The average molecular weight is 218 g/mol. The molecule has 3 nitrogen and oxygen atoms in total. The molecule has 0 heterocycles. The van der Waals surface area contributed by atoms with Crippen LogP contribution in [0.15, 0.2) is 29.8 Å². The van der Waals surface area contributed by atoms with Gasteiger partial charge in [0.25, 0.3) is 0 Å². The van der Waals surface area contributed by atoms with Gasteiger partial charge in [0.1, 0.15) is 5.75 Å². The molecule has 0 saturated carbocycles. The van der Waals surface area contributed by atoms with E-state index in [4.69, 9.17) is 5.11 Å². The molecule has 0 aliphatic heterocycles. The van der Waals surface area contributed by atoms with Gasteiger partial charge in [-0.15, -0.1) is 0 Å². The Morgan fingerprint density at radius 2 is 2.06 bits per heavy atom. The number of rotatable bonds is 2. The normalized spacial score (nSPS) is 19.6. The number of phenols is 1. The van der Waals surface area contributed by atoms with Crippen LogP contribution in [0, 0.1) is 5.92 Å². The number of phenolic OH excluding ortho intramolecular Hbond substituents is 1. The van der Waals surface area contributed by atoms with Crippen LogP contribution in [-0.2, 0) is 17.6 Å². The van der Waals surface area contributed by atoms with E-state index >= 15 is 0 Å². The number of fused-ring (bicyclic) bond motifs is 1. The molecular weight excluding hydrogens is 204 g/mol. The molecule has 0 amide bonds. The second-order valence-electron chi connectivity index (χ2n) is 4.28. The minimum atomic E-state index is -0.862. The number of hydrogen-bond acceptors (Lipinski definition) is 2. The van der Waals surface area contributed by atoms with E-state index in [0.29, 0.717) is 5.57 Å². The van der Waals surface area contributed by atoms with Crippen molar-refractivity contribution in [1.82, 2.24) is 0 Å². The summed E-state index contributed by atoms with van der Waals surface area (Å²) < 4.78 is 0. The number of carboxylic acid groups (broad SMARTS) is 1. The summed E-state index contributed by atoms with van der Waals surface area (Å²) >= 11 is 0. The Bertz CT molecular complexity index is 460. The summed E-state index contributed by atoms with van der Waals surface area (Å²) in [5, 5.41) is 18.1. The predicted octanol–water partition coefficient (Wildman–Crippen LogP) is 2.14. The van der Waals surface area contributed by atoms with E-state index in [1.807, 2.05) is 6.07 Å². The number of aromatic hydroxyl groups is 1. The smallest absolute Gasteiger partial charge is 0.330 e. The molecule has 1 aromatic carbocycles. The molecular formula is C13H14O3. The van der Waals surface area contributed by atoms with Crippen molar-refractivity contribution in [3.05, 3.63) is 41.0 Å². The van der Waals surface area contributed by atoms with Gasteiger partial charge in [0.2, 0.25) is 0 Å². The first-order valence-corrected chi connectivity index (χ1v) is 5.28. The van der Waals surface area contributed by atoms with Gasteiger partial charge in [-0.1, -0.05) is 12.1 Å². The van der Waals surface area contributed by atoms with Crippen molar-refractivity contribution in [3.63, 3.8) is 0 Å². The Kier molecular flexibility index (Phi) is 2.69. The zero-order chi connectivity index (χ0) is 11.7. The highest BCUT2D eigenvalue weighted by atomic mass is 16.4. The van der Waals surface area contributed by atoms with E-state index in [0.717, 1.165) is 18.4 Å². The zero-order valence-corrected chi connectivity index (χ0v) is 9.10. The van der Waals surface area contributed by atoms with Crippen LogP contribution in [0.4, 0.5) is 0 Å². The standard InChI is InChI=1S/C13H14O3/c1-8(13(15)16)4-9-5-10-2-3-12(14)7-11(10)6-9/h2-4,7,9,14H,5-6H2,1H3,(H,15,16). The monoisotopic (exact) mass is 218 g/mol. The van der Waals surface area contributed by atoms with Crippen LogP contribution in [0.5, 0.6) is 5.75 Å². The highest BCUT2D eigenvalue weighted by Gasteiger charge is 2.20. The van der Waals surface area contributed by atoms with Crippen LogP contribution in [0.2, 0.25) is 0 Å². The number of benzene rings is 1. The van der Waals surface area contributed by atoms with Crippen LogP contribution < -0.4 is 0 Å². The Balaban J connectivity index is 2.17. The second-order valence-corrected chi connectivity index (χ2v) is 4.28. The minimum absolute atomic E-state index is 0.243. The number of carbonyl (C=O) groups is 1. The first kappa shape index (κ1) is 10.7. The molecule has 1 aliphatic carbocycles. The Morgan fingerprint density at radius 1 is 1.38 bits per heavy atom. The first-order chi connectivity index (χ1) is 7.56. The third kappa shape index (κ3) is 2.08. The van der Waals surface area contributed by atoms with Crippen LogP contribution in [0.3, 0.4) is 0 Å². The third-order valence-electron chi connectivity index (χ3n) is 2.98. The van der Waals surface area contributed by atoms with Gasteiger partial charge >= 0.3 is 5.97 Å². The lowest BCUT2D eigenvalue weighted by molar-refractivity contribution is -0.132. The number of carboxylic acids is 1. The van der Waals surface area contributed by atoms with Gasteiger partial charge in [-0.05, 0) is 48.9 Å². The molecule has 0 radical (unpaired) electrons. The van der Waals surface area contributed by atoms with E-state index < -0.39 is 5.97 Å². The summed E-state index contributed by atoms with van der Waals surface area (Å²) in [6.07, 6.45) is 3.48.